The predicted molar refractivity (Wildman–Crippen MR) is 91.9 cm³/mol. The second-order valence-corrected chi connectivity index (χ2v) is 5.40. The summed E-state index contributed by atoms with van der Waals surface area (Å²) in [7, 11) is 0. The van der Waals surface area contributed by atoms with Crippen LogP contribution in [0.2, 0.25) is 0 Å². The fourth-order valence-corrected chi connectivity index (χ4v) is 2.56. The van der Waals surface area contributed by atoms with Crippen LogP contribution in [0.1, 0.15) is 21.5 Å². The van der Waals surface area contributed by atoms with Crippen molar-refractivity contribution >= 4 is 6.29 Å². The van der Waals surface area contributed by atoms with Crippen molar-refractivity contribution in [2.24, 2.45) is 0 Å². The molecular formula is C19H22O5. The summed E-state index contributed by atoms with van der Waals surface area (Å²) >= 11 is 0. The Kier molecular flexibility index (Phi) is 6.35. The molecule has 2 aromatic carbocycles. The summed E-state index contributed by atoms with van der Waals surface area (Å²) in [6.45, 7) is 3.95. The van der Waals surface area contributed by atoms with Crippen LogP contribution in [0, 0.1) is 13.8 Å². The van der Waals surface area contributed by atoms with Crippen molar-refractivity contribution < 1.29 is 24.5 Å². The van der Waals surface area contributed by atoms with Gasteiger partial charge >= 0.3 is 0 Å². The zero-order chi connectivity index (χ0) is 17.5. The van der Waals surface area contributed by atoms with Gasteiger partial charge in [-0.3, -0.25) is 4.79 Å². The van der Waals surface area contributed by atoms with Crippen LogP contribution in [0.25, 0.3) is 11.1 Å². The Balaban J connectivity index is 2.52. The summed E-state index contributed by atoms with van der Waals surface area (Å²) in [6, 6.07) is 9.26. The summed E-state index contributed by atoms with van der Waals surface area (Å²) in [6.07, 6.45) is 0.843. The summed E-state index contributed by atoms with van der Waals surface area (Å²) < 4.78 is 11.1. The van der Waals surface area contributed by atoms with E-state index in [2.05, 4.69) is 0 Å². The second-order valence-electron chi connectivity index (χ2n) is 5.40. The lowest BCUT2D eigenvalue weighted by Gasteiger charge is -2.17. The molecule has 0 aliphatic rings. The smallest absolute Gasteiger partial charge is 0.161 e. The minimum atomic E-state index is -0.109. The van der Waals surface area contributed by atoms with Crippen LogP contribution >= 0.6 is 0 Å². The average molecular weight is 330 g/mol. The summed E-state index contributed by atoms with van der Waals surface area (Å²) in [5, 5.41) is 18.0. The van der Waals surface area contributed by atoms with E-state index in [1.54, 1.807) is 6.07 Å². The number of carbonyl (C=O) groups is 1. The van der Waals surface area contributed by atoms with Crippen LogP contribution in [0.5, 0.6) is 11.5 Å². The maximum absolute atomic E-state index is 11.2. The molecule has 0 unspecified atom stereocenters. The van der Waals surface area contributed by atoms with Crippen LogP contribution < -0.4 is 9.47 Å². The zero-order valence-electron chi connectivity index (χ0n) is 13.9. The Bertz CT molecular complexity index is 709. The number of ether oxygens (including phenoxy) is 2. The molecule has 24 heavy (non-hydrogen) atoms. The summed E-state index contributed by atoms with van der Waals surface area (Å²) in [5.74, 6) is 1.01. The number of aliphatic hydroxyl groups excluding tert-OH is 2. The van der Waals surface area contributed by atoms with E-state index in [0.29, 0.717) is 17.1 Å². The van der Waals surface area contributed by atoms with Crippen LogP contribution in [0.3, 0.4) is 0 Å². The molecule has 0 radical (unpaired) electrons. The lowest BCUT2D eigenvalue weighted by molar-refractivity contribution is 0.112. The molecule has 0 saturated heterocycles. The normalized spacial score (nSPS) is 10.5. The molecule has 0 heterocycles. The fourth-order valence-electron chi connectivity index (χ4n) is 2.56. The quantitative estimate of drug-likeness (QED) is 0.728. The Labute approximate surface area is 141 Å². The molecule has 2 N–H and O–H groups in total. The fraction of sp³-hybridized carbons (Fsp3) is 0.316. The number of hydrogen-bond acceptors (Lipinski definition) is 5. The van der Waals surface area contributed by atoms with Crippen molar-refractivity contribution in [3.63, 3.8) is 0 Å². The first-order valence-electron chi connectivity index (χ1n) is 7.79. The maximum Gasteiger partial charge on any atom is 0.161 e. The molecule has 2 aromatic rings. The van der Waals surface area contributed by atoms with Gasteiger partial charge < -0.3 is 19.7 Å². The predicted octanol–water partition coefficient (Wildman–Crippen LogP) is 2.53. The summed E-state index contributed by atoms with van der Waals surface area (Å²) in [5.41, 5.74) is 4.38. The van der Waals surface area contributed by atoms with Crippen molar-refractivity contribution in [2.75, 3.05) is 26.4 Å². The molecule has 0 atom stereocenters. The van der Waals surface area contributed by atoms with E-state index in [0.717, 1.165) is 28.5 Å². The van der Waals surface area contributed by atoms with Crippen LogP contribution in [0.4, 0.5) is 0 Å². The lowest BCUT2D eigenvalue weighted by atomic mass is 9.93. The van der Waals surface area contributed by atoms with Gasteiger partial charge in [0.05, 0.1) is 13.2 Å². The molecule has 0 aliphatic carbocycles. The van der Waals surface area contributed by atoms with Crippen molar-refractivity contribution in [1.82, 2.24) is 0 Å². The third-order valence-corrected chi connectivity index (χ3v) is 3.78. The Morgan fingerprint density at radius 3 is 2.17 bits per heavy atom. The highest BCUT2D eigenvalue weighted by atomic mass is 16.5. The lowest BCUT2D eigenvalue weighted by Crippen LogP contribution is -2.07. The minimum Gasteiger partial charge on any atom is -0.487 e. The molecule has 0 fully saturated rings. The van der Waals surface area contributed by atoms with Gasteiger partial charge in [-0.15, -0.1) is 0 Å². The van der Waals surface area contributed by atoms with Gasteiger partial charge in [0, 0.05) is 5.56 Å². The topological polar surface area (TPSA) is 76.0 Å². The summed E-state index contributed by atoms with van der Waals surface area (Å²) in [4.78, 5) is 11.2. The molecule has 128 valence electrons. The number of benzene rings is 2. The van der Waals surface area contributed by atoms with E-state index in [1.165, 1.54) is 0 Å². The minimum absolute atomic E-state index is 0.0965. The van der Waals surface area contributed by atoms with Crippen molar-refractivity contribution in [3.8, 4) is 22.6 Å². The first-order chi connectivity index (χ1) is 11.6. The SMILES string of the molecule is Cc1cc(OCCO)c(OCCO)cc1-c1cccc(C=O)c1C. The number of rotatable bonds is 8. The highest BCUT2D eigenvalue weighted by Crippen LogP contribution is 2.37. The van der Waals surface area contributed by atoms with E-state index in [-0.39, 0.29) is 26.4 Å². The van der Waals surface area contributed by atoms with Gasteiger partial charge in [-0.2, -0.15) is 0 Å². The van der Waals surface area contributed by atoms with Gasteiger partial charge in [0.25, 0.3) is 0 Å². The van der Waals surface area contributed by atoms with Gasteiger partial charge in [0.1, 0.15) is 19.5 Å². The standard InChI is InChI=1S/C19H22O5/c1-13-10-18(23-8-6-20)19(24-9-7-21)11-17(13)16-5-3-4-15(12-22)14(16)2/h3-5,10-12,20-21H,6-9H2,1-2H3. The third-order valence-electron chi connectivity index (χ3n) is 3.78. The number of carbonyl (C=O) groups excluding carboxylic acids is 1. The molecule has 0 spiro atoms. The number of aliphatic hydroxyl groups is 2. The molecule has 0 bridgehead atoms. The van der Waals surface area contributed by atoms with Crippen LogP contribution in [-0.2, 0) is 0 Å². The Morgan fingerprint density at radius 2 is 1.58 bits per heavy atom. The first-order valence-corrected chi connectivity index (χ1v) is 7.79. The second kappa shape index (κ2) is 8.47. The Morgan fingerprint density at radius 1 is 0.958 bits per heavy atom. The Hall–Kier alpha value is -2.37. The van der Waals surface area contributed by atoms with Crippen LogP contribution in [0.15, 0.2) is 30.3 Å². The monoisotopic (exact) mass is 330 g/mol. The molecular weight excluding hydrogens is 308 g/mol. The molecule has 0 amide bonds. The zero-order valence-corrected chi connectivity index (χ0v) is 13.9. The first kappa shape index (κ1) is 18.0. The molecule has 2 rings (SSSR count). The van der Waals surface area contributed by atoms with E-state index in [4.69, 9.17) is 19.7 Å². The average Bonchev–Trinajstić information content (AvgIpc) is 2.59. The highest BCUT2D eigenvalue weighted by molar-refractivity contribution is 5.84. The number of aryl methyl sites for hydroxylation is 1. The van der Waals surface area contributed by atoms with E-state index in [1.807, 2.05) is 38.1 Å². The van der Waals surface area contributed by atoms with E-state index in [9.17, 15) is 4.79 Å². The van der Waals surface area contributed by atoms with Gasteiger partial charge in [-0.05, 0) is 48.2 Å². The highest BCUT2D eigenvalue weighted by Gasteiger charge is 2.14. The van der Waals surface area contributed by atoms with E-state index < -0.39 is 0 Å². The van der Waals surface area contributed by atoms with E-state index >= 15 is 0 Å². The van der Waals surface area contributed by atoms with Gasteiger partial charge in [0.15, 0.2) is 11.5 Å². The molecule has 0 aliphatic heterocycles. The molecule has 0 aromatic heterocycles. The van der Waals surface area contributed by atoms with Crippen LogP contribution in [-0.4, -0.2) is 42.9 Å². The third kappa shape index (κ3) is 3.93. The molecule has 0 saturated carbocycles. The largest absolute Gasteiger partial charge is 0.487 e. The van der Waals surface area contributed by atoms with Gasteiger partial charge in [0.2, 0.25) is 0 Å². The van der Waals surface area contributed by atoms with Crippen molar-refractivity contribution in [1.29, 1.82) is 0 Å². The molecule has 5 heteroatoms. The van der Waals surface area contributed by atoms with Crippen molar-refractivity contribution in [2.45, 2.75) is 13.8 Å². The van der Waals surface area contributed by atoms with Gasteiger partial charge in [-0.25, -0.2) is 0 Å². The van der Waals surface area contributed by atoms with Crippen molar-refractivity contribution in [3.05, 3.63) is 47.0 Å². The molecule has 5 nitrogen and oxygen atoms in total. The number of hydrogen-bond donors (Lipinski definition) is 2. The maximum atomic E-state index is 11.2. The number of aldehydes is 1. The van der Waals surface area contributed by atoms with Gasteiger partial charge in [-0.1, -0.05) is 18.2 Å².